The van der Waals surface area contributed by atoms with E-state index in [0.717, 1.165) is 36.5 Å². The quantitative estimate of drug-likeness (QED) is 0.833. The summed E-state index contributed by atoms with van der Waals surface area (Å²) in [6.07, 6.45) is 2.10. The van der Waals surface area contributed by atoms with Crippen molar-refractivity contribution in [2.75, 3.05) is 18.8 Å². The number of nitrogens with zero attached hydrogens (tertiary/aromatic N) is 5. The van der Waals surface area contributed by atoms with Gasteiger partial charge in [-0.25, -0.2) is 4.98 Å². The van der Waals surface area contributed by atoms with Gasteiger partial charge >= 0.3 is 0 Å². The van der Waals surface area contributed by atoms with Gasteiger partial charge in [-0.3, -0.25) is 9.69 Å². The third-order valence-electron chi connectivity index (χ3n) is 4.98. The molecule has 0 spiro atoms. The minimum absolute atomic E-state index is 0.0904. The SMILES string of the molecule is Cc1nc2nc(N)nn2c(C)c1CCC(=O)NC1CCN(C(C)C)C1. The number of aryl methyl sites for hydroxylation is 2. The summed E-state index contributed by atoms with van der Waals surface area (Å²) in [6, 6.07) is 0.785. The lowest BCUT2D eigenvalue weighted by molar-refractivity contribution is -0.121. The topological polar surface area (TPSA) is 101 Å². The van der Waals surface area contributed by atoms with Crippen LogP contribution in [0.3, 0.4) is 0 Å². The van der Waals surface area contributed by atoms with E-state index in [-0.39, 0.29) is 17.9 Å². The summed E-state index contributed by atoms with van der Waals surface area (Å²) in [5.41, 5.74) is 8.49. The summed E-state index contributed by atoms with van der Waals surface area (Å²) < 4.78 is 1.65. The molecule has 8 nitrogen and oxygen atoms in total. The Hall–Kier alpha value is -2.22. The molecule has 1 saturated heterocycles. The highest BCUT2D eigenvalue weighted by molar-refractivity contribution is 5.76. The van der Waals surface area contributed by atoms with Gasteiger partial charge in [0.05, 0.1) is 0 Å². The number of hydrogen-bond acceptors (Lipinski definition) is 6. The van der Waals surface area contributed by atoms with Crippen LogP contribution in [0.2, 0.25) is 0 Å². The molecule has 0 aliphatic carbocycles. The lowest BCUT2D eigenvalue weighted by Gasteiger charge is -2.20. The van der Waals surface area contributed by atoms with Gasteiger partial charge in [0.15, 0.2) is 0 Å². The second-order valence-corrected chi connectivity index (χ2v) is 7.08. The van der Waals surface area contributed by atoms with Crippen molar-refractivity contribution in [1.29, 1.82) is 0 Å². The smallest absolute Gasteiger partial charge is 0.254 e. The fraction of sp³-hybridized carbons (Fsp3) is 0.647. The van der Waals surface area contributed by atoms with Gasteiger partial charge in [0.1, 0.15) is 0 Å². The third kappa shape index (κ3) is 3.73. The molecule has 1 aliphatic heterocycles. The summed E-state index contributed by atoms with van der Waals surface area (Å²) in [7, 11) is 0. The molecule has 2 aromatic rings. The fourth-order valence-corrected chi connectivity index (χ4v) is 3.50. The van der Waals surface area contributed by atoms with E-state index in [1.807, 2.05) is 13.8 Å². The van der Waals surface area contributed by atoms with E-state index < -0.39 is 0 Å². The zero-order valence-corrected chi connectivity index (χ0v) is 15.4. The van der Waals surface area contributed by atoms with Crippen LogP contribution >= 0.6 is 0 Å². The van der Waals surface area contributed by atoms with Gasteiger partial charge in [-0.05, 0) is 46.1 Å². The van der Waals surface area contributed by atoms with Crippen LogP contribution in [0.15, 0.2) is 0 Å². The molecule has 1 aliphatic rings. The Bertz CT molecular complexity index is 783. The monoisotopic (exact) mass is 345 g/mol. The number of nitrogen functional groups attached to an aromatic ring is 1. The van der Waals surface area contributed by atoms with Crippen molar-refractivity contribution in [2.24, 2.45) is 0 Å². The maximum absolute atomic E-state index is 12.3. The zero-order valence-electron chi connectivity index (χ0n) is 15.4. The Morgan fingerprint density at radius 2 is 2.12 bits per heavy atom. The van der Waals surface area contributed by atoms with Crippen LogP contribution in [0.25, 0.3) is 5.78 Å². The van der Waals surface area contributed by atoms with Crippen LogP contribution in [0, 0.1) is 13.8 Å². The summed E-state index contributed by atoms with van der Waals surface area (Å²) in [6.45, 7) is 10.3. The molecule has 3 N–H and O–H groups in total. The first-order chi connectivity index (χ1) is 11.8. The van der Waals surface area contributed by atoms with Crippen molar-refractivity contribution >= 4 is 17.6 Å². The number of anilines is 1. The van der Waals surface area contributed by atoms with E-state index in [2.05, 4.69) is 39.1 Å². The van der Waals surface area contributed by atoms with E-state index in [4.69, 9.17) is 5.73 Å². The van der Waals surface area contributed by atoms with Crippen molar-refractivity contribution < 1.29 is 4.79 Å². The predicted octanol–water partition coefficient (Wildman–Crippen LogP) is 0.855. The number of hydrogen-bond donors (Lipinski definition) is 2. The molecule has 1 fully saturated rings. The number of nitrogens with two attached hydrogens (primary N) is 1. The average molecular weight is 345 g/mol. The minimum atomic E-state index is 0.0904. The number of aromatic nitrogens is 4. The van der Waals surface area contributed by atoms with Crippen molar-refractivity contribution in [1.82, 2.24) is 29.8 Å². The Kier molecular flexibility index (Phi) is 4.89. The van der Waals surface area contributed by atoms with Crippen molar-refractivity contribution in [2.45, 2.75) is 59.0 Å². The molecule has 0 radical (unpaired) electrons. The average Bonchev–Trinajstić information content (AvgIpc) is 3.13. The van der Waals surface area contributed by atoms with E-state index in [0.29, 0.717) is 24.7 Å². The van der Waals surface area contributed by atoms with Crippen LogP contribution in [-0.4, -0.2) is 55.6 Å². The number of carbonyl (C=O) groups excluding carboxylic acids is 1. The molecule has 136 valence electrons. The van der Waals surface area contributed by atoms with Gasteiger partial charge in [0.25, 0.3) is 5.78 Å². The van der Waals surface area contributed by atoms with E-state index in [1.54, 1.807) is 4.52 Å². The predicted molar refractivity (Wildman–Crippen MR) is 96.2 cm³/mol. The second-order valence-electron chi connectivity index (χ2n) is 7.08. The van der Waals surface area contributed by atoms with Crippen LogP contribution in [0.5, 0.6) is 0 Å². The van der Waals surface area contributed by atoms with Gasteiger partial charge in [-0.15, -0.1) is 5.10 Å². The first-order valence-electron chi connectivity index (χ1n) is 8.87. The molecule has 3 heterocycles. The molecule has 0 saturated carbocycles. The van der Waals surface area contributed by atoms with Gasteiger partial charge in [0, 0.05) is 43.0 Å². The molecular weight excluding hydrogens is 318 g/mol. The van der Waals surface area contributed by atoms with Crippen LogP contribution in [0.4, 0.5) is 5.95 Å². The largest absolute Gasteiger partial charge is 0.366 e. The van der Waals surface area contributed by atoms with Crippen molar-refractivity contribution in [3.05, 3.63) is 17.0 Å². The van der Waals surface area contributed by atoms with E-state index in [1.165, 1.54) is 0 Å². The lowest BCUT2D eigenvalue weighted by atomic mass is 10.1. The van der Waals surface area contributed by atoms with Gasteiger partial charge in [-0.2, -0.15) is 9.50 Å². The lowest BCUT2D eigenvalue weighted by Crippen LogP contribution is -2.38. The van der Waals surface area contributed by atoms with E-state index >= 15 is 0 Å². The number of carbonyl (C=O) groups is 1. The molecule has 0 aromatic carbocycles. The van der Waals surface area contributed by atoms with Crippen LogP contribution in [0.1, 0.15) is 43.6 Å². The molecule has 1 atom stereocenters. The highest BCUT2D eigenvalue weighted by Crippen LogP contribution is 2.17. The van der Waals surface area contributed by atoms with Crippen LogP contribution < -0.4 is 11.1 Å². The number of likely N-dealkylation sites (tertiary alicyclic amines) is 1. The Morgan fingerprint density at radius 3 is 2.80 bits per heavy atom. The molecule has 8 heteroatoms. The van der Waals surface area contributed by atoms with E-state index in [9.17, 15) is 4.79 Å². The number of fused-ring (bicyclic) bond motifs is 1. The van der Waals surface area contributed by atoms with Gasteiger partial charge in [0.2, 0.25) is 11.9 Å². The fourth-order valence-electron chi connectivity index (χ4n) is 3.50. The maximum Gasteiger partial charge on any atom is 0.254 e. The summed E-state index contributed by atoms with van der Waals surface area (Å²) in [5.74, 6) is 0.800. The third-order valence-corrected chi connectivity index (χ3v) is 4.98. The Labute approximate surface area is 147 Å². The first kappa shape index (κ1) is 17.6. The normalized spacial score (nSPS) is 18.4. The summed E-state index contributed by atoms with van der Waals surface area (Å²) >= 11 is 0. The molecule has 3 rings (SSSR count). The van der Waals surface area contributed by atoms with Crippen molar-refractivity contribution in [3.8, 4) is 0 Å². The maximum atomic E-state index is 12.3. The van der Waals surface area contributed by atoms with Gasteiger partial charge in [-0.1, -0.05) is 0 Å². The van der Waals surface area contributed by atoms with Crippen LogP contribution in [-0.2, 0) is 11.2 Å². The highest BCUT2D eigenvalue weighted by Gasteiger charge is 2.25. The number of nitrogens with one attached hydrogen (secondary N) is 1. The first-order valence-corrected chi connectivity index (χ1v) is 8.87. The molecule has 0 bridgehead atoms. The Morgan fingerprint density at radius 1 is 1.36 bits per heavy atom. The Balaban J connectivity index is 1.62. The second kappa shape index (κ2) is 6.95. The summed E-state index contributed by atoms with van der Waals surface area (Å²) in [5, 5.41) is 7.32. The minimum Gasteiger partial charge on any atom is -0.366 e. The molecule has 1 amide bonds. The molecular formula is C17H27N7O. The molecule has 25 heavy (non-hydrogen) atoms. The standard InChI is InChI=1S/C17H27N7O/c1-10(2)23-8-7-13(9-23)20-15(25)6-5-14-11(3)19-17-21-16(18)22-24(17)12(14)4/h10,13H,5-9H2,1-4H3,(H2,18,22)(H,20,25). The summed E-state index contributed by atoms with van der Waals surface area (Å²) in [4.78, 5) is 23.3. The zero-order chi connectivity index (χ0) is 18.1. The van der Waals surface area contributed by atoms with Gasteiger partial charge < -0.3 is 11.1 Å². The highest BCUT2D eigenvalue weighted by atomic mass is 16.1. The molecule has 1 unspecified atom stereocenters. The van der Waals surface area contributed by atoms with Crippen molar-refractivity contribution in [3.63, 3.8) is 0 Å². The molecule has 2 aromatic heterocycles. The number of rotatable bonds is 5. The number of amides is 1.